The molecule has 0 unspecified atom stereocenters. The van der Waals surface area contributed by atoms with E-state index in [4.69, 9.17) is 11.6 Å². The lowest BCUT2D eigenvalue weighted by molar-refractivity contribution is 0.0773. The lowest BCUT2D eigenvalue weighted by atomic mass is 10.1. The van der Waals surface area contributed by atoms with Crippen molar-refractivity contribution in [3.63, 3.8) is 0 Å². The number of aryl methyl sites for hydroxylation is 1. The van der Waals surface area contributed by atoms with Crippen molar-refractivity contribution in [3.05, 3.63) is 34.3 Å². The fraction of sp³-hybridized carbons (Fsp3) is 0.417. The lowest BCUT2D eigenvalue weighted by Gasteiger charge is -2.18. The first-order chi connectivity index (χ1) is 7.10. The fourth-order valence-corrected chi connectivity index (χ4v) is 1.60. The van der Waals surface area contributed by atoms with Crippen molar-refractivity contribution >= 4 is 17.5 Å². The molecule has 1 rings (SSSR count). The zero-order chi connectivity index (χ0) is 11.4. The third-order valence-electron chi connectivity index (χ3n) is 2.47. The molecule has 3 heteroatoms. The van der Waals surface area contributed by atoms with E-state index in [2.05, 4.69) is 0 Å². The molecule has 0 aromatic heterocycles. The second kappa shape index (κ2) is 5.17. The van der Waals surface area contributed by atoms with Crippen LogP contribution in [0.15, 0.2) is 18.2 Å². The number of benzene rings is 1. The summed E-state index contributed by atoms with van der Waals surface area (Å²) >= 11 is 5.98. The Morgan fingerprint density at radius 2 is 1.93 bits per heavy atom. The Morgan fingerprint density at radius 3 is 2.40 bits per heavy atom. The predicted octanol–water partition coefficient (Wildman–Crippen LogP) is 3.13. The van der Waals surface area contributed by atoms with Gasteiger partial charge in [-0.2, -0.15) is 0 Å². The summed E-state index contributed by atoms with van der Waals surface area (Å²) in [5, 5.41) is 0.646. The summed E-state index contributed by atoms with van der Waals surface area (Å²) < 4.78 is 0. The summed E-state index contributed by atoms with van der Waals surface area (Å²) in [7, 11) is 0. The standard InChI is InChI=1S/C12H16ClNO/c1-4-14(5-2)12(15)10-7-6-9(3)11(13)8-10/h6-8H,4-5H2,1-3H3. The van der Waals surface area contributed by atoms with Crippen LogP contribution in [0.1, 0.15) is 29.8 Å². The van der Waals surface area contributed by atoms with Crippen molar-refractivity contribution in [1.29, 1.82) is 0 Å². The van der Waals surface area contributed by atoms with E-state index >= 15 is 0 Å². The molecule has 0 aliphatic heterocycles. The van der Waals surface area contributed by atoms with E-state index in [1.54, 1.807) is 11.0 Å². The molecule has 1 aromatic carbocycles. The van der Waals surface area contributed by atoms with Gasteiger partial charge in [-0.3, -0.25) is 4.79 Å². The minimum atomic E-state index is 0.0434. The second-order valence-electron chi connectivity index (χ2n) is 3.44. The summed E-state index contributed by atoms with van der Waals surface area (Å²) in [4.78, 5) is 13.7. The third-order valence-corrected chi connectivity index (χ3v) is 2.88. The lowest BCUT2D eigenvalue weighted by Crippen LogP contribution is -2.30. The van der Waals surface area contributed by atoms with Crippen molar-refractivity contribution < 1.29 is 4.79 Å². The molecule has 0 aliphatic carbocycles. The first kappa shape index (κ1) is 12.1. The monoisotopic (exact) mass is 225 g/mol. The van der Waals surface area contributed by atoms with E-state index in [9.17, 15) is 4.79 Å². The molecule has 0 saturated heterocycles. The first-order valence-corrected chi connectivity index (χ1v) is 5.53. The van der Waals surface area contributed by atoms with E-state index in [1.165, 1.54) is 0 Å². The maximum absolute atomic E-state index is 11.9. The topological polar surface area (TPSA) is 20.3 Å². The minimum Gasteiger partial charge on any atom is -0.339 e. The van der Waals surface area contributed by atoms with E-state index < -0.39 is 0 Å². The van der Waals surface area contributed by atoms with Crippen LogP contribution in [0.3, 0.4) is 0 Å². The van der Waals surface area contributed by atoms with Crippen LogP contribution in [0, 0.1) is 6.92 Å². The minimum absolute atomic E-state index is 0.0434. The van der Waals surface area contributed by atoms with Crippen LogP contribution in [0.2, 0.25) is 5.02 Å². The van der Waals surface area contributed by atoms with Crippen molar-refractivity contribution in [2.24, 2.45) is 0 Å². The molecule has 1 aromatic rings. The molecular weight excluding hydrogens is 210 g/mol. The van der Waals surface area contributed by atoms with Gasteiger partial charge in [0.25, 0.3) is 5.91 Å². The molecule has 0 bridgehead atoms. The molecule has 0 spiro atoms. The first-order valence-electron chi connectivity index (χ1n) is 5.15. The Hall–Kier alpha value is -1.02. The Morgan fingerprint density at radius 1 is 1.33 bits per heavy atom. The van der Waals surface area contributed by atoms with Crippen LogP contribution in [-0.2, 0) is 0 Å². The Labute approximate surface area is 95.8 Å². The van der Waals surface area contributed by atoms with Gasteiger partial charge in [0.2, 0.25) is 0 Å². The highest BCUT2D eigenvalue weighted by atomic mass is 35.5. The van der Waals surface area contributed by atoms with Crippen LogP contribution < -0.4 is 0 Å². The SMILES string of the molecule is CCN(CC)C(=O)c1ccc(C)c(Cl)c1. The van der Waals surface area contributed by atoms with Gasteiger partial charge in [-0.1, -0.05) is 17.7 Å². The van der Waals surface area contributed by atoms with E-state index in [-0.39, 0.29) is 5.91 Å². The van der Waals surface area contributed by atoms with Gasteiger partial charge < -0.3 is 4.90 Å². The molecule has 2 nitrogen and oxygen atoms in total. The summed E-state index contributed by atoms with van der Waals surface area (Å²) in [6, 6.07) is 5.43. The number of hydrogen-bond donors (Lipinski definition) is 0. The van der Waals surface area contributed by atoms with Crippen LogP contribution in [0.25, 0.3) is 0 Å². The van der Waals surface area contributed by atoms with Crippen molar-refractivity contribution in [2.75, 3.05) is 13.1 Å². The number of halogens is 1. The summed E-state index contributed by atoms with van der Waals surface area (Å²) in [5.41, 5.74) is 1.65. The normalized spacial score (nSPS) is 10.1. The number of hydrogen-bond acceptors (Lipinski definition) is 1. The second-order valence-corrected chi connectivity index (χ2v) is 3.85. The van der Waals surface area contributed by atoms with Gasteiger partial charge in [-0.05, 0) is 38.5 Å². The molecule has 0 saturated carbocycles. The Bertz CT molecular complexity index is 359. The smallest absolute Gasteiger partial charge is 0.253 e. The maximum Gasteiger partial charge on any atom is 0.253 e. The molecular formula is C12H16ClNO. The maximum atomic E-state index is 11.9. The Balaban J connectivity index is 2.96. The number of carbonyl (C=O) groups is 1. The molecule has 0 fully saturated rings. The highest BCUT2D eigenvalue weighted by Gasteiger charge is 2.12. The van der Waals surface area contributed by atoms with Crippen LogP contribution in [0.4, 0.5) is 0 Å². The third kappa shape index (κ3) is 2.72. The van der Waals surface area contributed by atoms with Crippen LogP contribution in [-0.4, -0.2) is 23.9 Å². The highest BCUT2D eigenvalue weighted by Crippen LogP contribution is 2.17. The summed E-state index contributed by atoms with van der Waals surface area (Å²) in [6.45, 7) is 7.31. The molecule has 0 atom stereocenters. The van der Waals surface area contributed by atoms with Crippen molar-refractivity contribution in [1.82, 2.24) is 4.90 Å². The molecule has 15 heavy (non-hydrogen) atoms. The average Bonchev–Trinajstić information content (AvgIpc) is 2.23. The summed E-state index contributed by atoms with van der Waals surface area (Å²) in [6.07, 6.45) is 0. The largest absolute Gasteiger partial charge is 0.339 e. The molecule has 82 valence electrons. The molecule has 0 aliphatic rings. The molecule has 1 amide bonds. The number of carbonyl (C=O) groups excluding carboxylic acids is 1. The van der Waals surface area contributed by atoms with E-state index in [0.29, 0.717) is 10.6 Å². The number of nitrogens with zero attached hydrogens (tertiary/aromatic N) is 1. The quantitative estimate of drug-likeness (QED) is 0.774. The van der Waals surface area contributed by atoms with Gasteiger partial charge in [0.1, 0.15) is 0 Å². The zero-order valence-corrected chi connectivity index (χ0v) is 10.1. The van der Waals surface area contributed by atoms with Gasteiger partial charge in [0, 0.05) is 23.7 Å². The van der Waals surface area contributed by atoms with Gasteiger partial charge in [-0.15, -0.1) is 0 Å². The number of rotatable bonds is 3. The zero-order valence-electron chi connectivity index (χ0n) is 9.38. The fourth-order valence-electron chi connectivity index (χ4n) is 1.42. The van der Waals surface area contributed by atoms with Gasteiger partial charge in [0.15, 0.2) is 0 Å². The van der Waals surface area contributed by atoms with Gasteiger partial charge >= 0.3 is 0 Å². The van der Waals surface area contributed by atoms with Crippen LogP contribution in [0.5, 0.6) is 0 Å². The Kier molecular flexibility index (Phi) is 4.15. The van der Waals surface area contributed by atoms with Gasteiger partial charge in [0.05, 0.1) is 0 Å². The molecule has 0 heterocycles. The van der Waals surface area contributed by atoms with Crippen molar-refractivity contribution in [2.45, 2.75) is 20.8 Å². The average molecular weight is 226 g/mol. The van der Waals surface area contributed by atoms with Crippen molar-refractivity contribution in [3.8, 4) is 0 Å². The van der Waals surface area contributed by atoms with Gasteiger partial charge in [-0.25, -0.2) is 0 Å². The molecule has 0 N–H and O–H groups in total. The van der Waals surface area contributed by atoms with E-state index in [1.807, 2.05) is 32.9 Å². The van der Waals surface area contributed by atoms with Crippen LogP contribution >= 0.6 is 11.6 Å². The predicted molar refractivity (Wildman–Crippen MR) is 63.4 cm³/mol. The summed E-state index contributed by atoms with van der Waals surface area (Å²) in [5.74, 6) is 0.0434. The molecule has 0 radical (unpaired) electrons. The highest BCUT2D eigenvalue weighted by molar-refractivity contribution is 6.31. The number of amides is 1. The van der Waals surface area contributed by atoms with E-state index in [0.717, 1.165) is 18.7 Å².